The van der Waals surface area contributed by atoms with Crippen LogP contribution in [0.1, 0.15) is 38.3 Å². The molecule has 0 radical (unpaired) electrons. The SMILES string of the molecule is CCOc1cc(CNC(CC(C)C)C(=O)O)cc(Br)c1OCc1ccccc1Cl. The molecule has 0 bridgehead atoms. The second-order valence-corrected chi connectivity index (χ2v) is 8.38. The van der Waals surface area contributed by atoms with Crippen LogP contribution < -0.4 is 14.8 Å². The van der Waals surface area contributed by atoms with Gasteiger partial charge in [0, 0.05) is 17.1 Å². The first-order chi connectivity index (χ1) is 13.8. The number of rotatable bonds is 11. The van der Waals surface area contributed by atoms with Gasteiger partial charge in [0.25, 0.3) is 0 Å². The van der Waals surface area contributed by atoms with Gasteiger partial charge >= 0.3 is 5.97 Å². The van der Waals surface area contributed by atoms with Crippen molar-refractivity contribution in [1.82, 2.24) is 5.32 Å². The van der Waals surface area contributed by atoms with Gasteiger partial charge in [-0.2, -0.15) is 0 Å². The Labute approximate surface area is 185 Å². The zero-order chi connectivity index (χ0) is 21.4. The van der Waals surface area contributed by atoms with E-state index in [9.17, 15) is 9.90 Å². The van der Waals surface area contributed by atoms with Crippen LogP contribution >= 0.6 is 27.5 Å². The first-order valence-electron chi connectivity index (χ1n) is 9.59. The fourth-order valence-electron chi connectivity index (χ4n) is 2.88. The molecule has 2 aromatic rings. The molecule has 0 saturated carbocycles. The fraction of sp³-hybridized carbons (Fsp3) is 0.409. The molecule has 29 heavy (non-hydrogen) atoms. The van der Waals surface area contributed by atoms with Crippen LogP contribution in [-0.4, -0.2) is 23.7 Å². The van der Waals surface area contributed by atoms with Crippen LogP contribution in [0, 0.1) is 5.92 Å². The van der Waals surface area contributed by atoms with E-state index in [4.69, 9.17) is 21.1 Å². The van der Waals surface area contributed by atoms with Crippen LogP contribution in [0.15, 0.2) is 40.9 Å². The average molecular weight is 485 g/mol. The Kier molecular flexibility index (Phi) is 9.27. The Morgan fingerprint density at radius 3 is 2.59 bits per heavy atom. The number of halogens is 2. The predicted molar refractivity (Wildman–Crippen MR) is 119 cm³/mol. The van der Waals surface area contributed by atoms with E-state index in [1.54, 1.807) is 0 Å². The van der Waals surface area contributed by atoms with Gasteiger partial charge in [0.1, 0.15) is 12.6 Å². The molecule has 2 rings (SSSR count). The van der Waals surface area contributed by atoms with E-state index in [1.807, 2.05) is 57.2 Å². The van der Waals surface area contributed by atoms with Crippen molar-refractivity contribution in [3.05, 3.63) is 57.0 Å². The van der Waals surface area contributed by atoms with Crippen molar-refractivity contribution in [2.24, 2.45) is 5.92 Å². The lowest BCUT2D eigenvalue weighted by atomic mass is 10.0. The van der Waals surface area contributed by atoms with Crippen LogP contribution in [0.4, 0.5) is 0 Å². The van der Waals surface area contributed by atoms with Crippen molar-refractivity contribution in [3.8, 4) is 11.5 Å². The number of benzene rings is 2. The third-order valence-electron chi connectivity index (χ3n) is 4.26. The van der Waals surface area contributed by atoms with E-state index in [-0.39, 0.29) is 5.92 Å². The van der Waals surface area contributed by atoms with Crippen LogP contribution in [0.2, 0.25) is 5.02 Å². The molecule has 0 aliphatic carbocycles. The molecule has 1 unspecified atom stereocenters. The van der Waals surface area contributed by atoms with Crippen molar-refractivity contribution in [2.45, 2.75) is 46.4 Å². The number of nitrogens with one attached hydrogen (secondary N) is 1. The second-order valence-electron chi connectivity index (χ2n) is 7.12. The number of aliphatic carboxylic acids is 1. The van der Waals surface area contributed by atoms with Gasteiger partial charge in [-0.1, -0.05) is 43.6 Å². The molecule has 0 aliphatic rings. The molecule has 0 saturated heterocycles. The lowest BCUT2D eigenvalue weighted by molar-refractivity contribution is -0.140. The largest absolute Gasteiger partial charge is 0.490 e. The smallest absolute Gasteiger partial charge is 0.320 e. The number of carboxylic acids is 1. The third-order valence-corrected chi connectivity index (χ3v) is 5.21. The van der Waals surface area contributed by atoms with Crippen molar-refractivity contribution in [1.29, 1.82) is 0 Å². The molecule has 0 amide bonds. The molecule has 5 nitrogen and oxygen atoms in total. The van der Waals surface area contributed by atoms with E-state index >= 15 is 0 Å². The zero-order valence-corrected chi connectivity index (χ0v) is 19.2. The lowest BCUT2D eigenvalue weighted by Crippen LogP contribution is -2.37. The summed E-state index contributed by atoms with van der Waals surface area (Å²) < 4.78 is 12.5. The molecule has 7 heteroatoms. The molecular formula is C22H27BrClNO4. The Morgan fingerprint density at radius 2 is 1.97 bits per heavy atom. The highest BCUT2D eigenvalue weighted by Crippen LogP contribution is 2.38. The summed E-state index contributed by atoms with van der Waals surface area (Å²) in [5, 5.41) is 13.2. The van der Waals surface area contributed by atoms with Gasteiger partial charge in [-0.05, 0) is 59.0 Å². The molecule has 0 fully saturated rings. The predicted octanol–water partition coefficient (Wildman–Crippen LogP) is 5.67. The summed E-state index contributed by atoms with van der Waals surface area (Å²) in [6, 6.07) is 10.7. The van der Waals surface area contributed by atoms with Gasteiger partial charge in [0.15, 0.2) is 11.5 Å². The maximum Gasteiger partial charge on any atom is 0.320 e. The van der Waals surface area contributed by atoms with Crippen LogP contribution in [0.25, 0.3) is 0 Å². The first kappa shape index (κ1) is 23.5. The quantitative estimate of drug-likeness (QED) is 0.430. The third kappa shape index (κ3) is 7.21. The van der Waals surface area contributed by atoms with Gasteiger partial charge in [0.05, 0.1) is 11.1 Å². The minimum absolute atomic E-state index is 0.287. The molecule has 0 aliphatic heterocycles. The van der Waals surface area contributed by atoms with Crippen LogP contribution in [0.5, 0.6) is 11.5 Å². The van der Waals surface area contributed by atoms with E-state index in [0.29, 0.717) is 42.7 Å². The van der Waals surface area contributed by atoms with E-state index in [1.165, 1.54) is 0 Å². The molecule has 2 aromatic carbocycles. The fourth-order valence-corrected chi connectivity index (χ4v) is 3.67. The highest BCUT2D eigenvalue weighted by Gasteiger charge is 2.19. The van der Waals surface area contributed by atoms with Gasteiger partial charge in [-0.25, -0.2) is 0 Å². The van der Waals surface area contributed by atoms with E-state index < -0.39 is 12.0 Å². The first-order valence-corrected chi connectivity index (χ1v) is 10.8. The summed E-state index contributed by atoms with van der Waals surface area (Å²) in [7, 11) is 0. The molecule has 2 N–H and O–H groups in total. The summed E-state index contributed by atoms with van der Waals surface area (Å²) in [5.74, 6) is 0.631. The Hall–Kier alpha value is -1.76. The maximum atomic E-state index is 11.5. The average Bonchev–Trinajstić information content (AvgIpc) is 2.65. The number of hydrogen-bond donors (Lipinski definition) is 2. The summed E-state index contributed by atoms with van der Waals surface area (Å²) in [5.41, 5.74) is 1.78. The second kappa shape index (κ2) is 11.4. The maximum absolute atomic E-state index is 11.5. The highest BCUT2D eigenvalue weighted by molar-refractivity contribution is 9.10. The van der Waals surface area contributed by atoms with E-state index in [0.717, 1.165) is 15.6 Å². The number of ether oxygens (including phenoxy) is 2. The topological polar surface area (TPSA) is 67.8 Å². The van der Waals surface area contributed by atoms with Gasteiger partial charge in [0.2, 0.25) is 0 Å². The van der Waals surface area contributed by atoms with Gasteiger partial charge < -0.3 is 19.9 Å². The summed E-state index contributed by atoms with van der Waals surface area (Å²) in [4.78, 5) is 11.5. The molecule has 0 spiro atoms. The monoisotopic (exact) mass is 483 g/mol. The van der Waals surface area contributed by atoms with Crippen molar-refractivity contribution in [3.63, 3.8) is 0 Å². The Balaban J connectivity index is 2.16. The van der Waals surface area contributed by atoms with Crippen LogP contribution in [-0.2, 0) is 17.9 Å². The zero-order valence-electron chi connectivity index (χ0n) is 16.9. The Bertz CT molecular complexity index is 828. The number of hydrogen-bond acceptors (Lipinski definition) is 4. The minimum Gasteiger partial charge on any atom is -0.490 e. The molecular weight excluding hydrogens is 458 g/mol. The van der Waals surface area contributed by atoms with Gasteiger partial charge in [-0.3, -0.25) is 4.79 Å². The standard InChI is InChI=1S/C22H27BrClNO4/c1-4-28-20-11-15(12-25-19(22(26)27)9-14(2)3)10-17(23)21(20)29-13-16-7-5-6-8-18(16)24/h5-8,10-11,14,19,25H,4,9,12-13H2,1-3H3,(H,26,27). The summed E-state index contributed by atoms with van der Waals surface area (Å²) >= 11 is 9.76. The summed E-state index contributed by atoms with van der Waals surface area (Å²) in [6.07, 6.45) is 0.563. The normalized spacial score (nSPS) is 12.1. The minimum atomic E-state index is -0.845. The van der Waals surface area contributed by atoms with Crippen molar-refractivity contribution in [2.75, 3.05) is 6.61 Å². The number of carbonyl (C=O) groups is 1. The highest BCUT2D eigenvalue weighted by atomic mass is 79.9. The lowest BCUT2D eigenvalue weighted by Gasteiger charge is -2.19. The number of carboxylic acid groups (broad SMARTS) is 1. The van der Waals surface area contributed by atoms with Crippen molar-refractivity contribution < 1.29 is 19.4 Å². The molecule has 0 aromatic heterocycles. The Morgan fingerprint density at radius 1 is 1.24 bits per heavy atom. The molecule has 1 atom stereocenters. The summed E-state index contributed by atoms with van der Waals surface area (Å²) in [6.45, 7) is 7.12. The molecule has 0 heterocycles. The van der Waals surface area contributed by atoms with Crippen molar-refractivity contribution >= 4 is 33.5 Å². The van der Waals surface area contributed by atoms with Gasteiger partial charge in [-0.15, -0.1) is 0 Å². The molecule has 158 valence electrons. The van der Waals surface area contributed by atoms with E-state index in [2.05, 4.69) is 21.2 Å². The van der Waals surface area contributed by atoms with Crippen LogP contribution in [0.3, 0.4) is 0 Å².